The molecule has 0 saturated heterocycles. The van der Waals surface area contributed by atoms with Crippen LogP contribution in [0.2, 0.25) is 5.02 Å². The molecule has 0 bridgehead atoms. The van der Waals surface area contributed by atoms with Crippen molar-refractivity contribution in [3.63, 3.8) is 0 Å². The minimum absolute atomic E-state index is 0.139. The molecule has 134 valence electrons. The van der Waals surface area contributed by atoms with Crippen molar-refractivity contribution in [1.82, 2.24) is 4.90 Å². The molecule has 0 N–H and O–H groups in total. The van der Waals surface area contributed by atoms with Crippen LogP contribution in [-0.4, -0.2) is 56.8 Å². The standard InChI is InChI=1S/C17H24ClNO5/c1-3-23-12-6-10-19(11-9-17(21)22-2)16(20)13-24-15-8-5-4-7-14(15)18/h4-5,7-8H,3,6,9-13H2,1-2H3. The lowest BCUT2D eigenvalue weighted by molar-refractivity contribution is -0.142. The maximum absolute atomic E-state index is 12.4. The number of ether oxygens (including phenoxy) is 3. The molecule has 7 heteroatoms. The van der Waals surface area contributed by atoms with Gasteiger partial charge in [0.25, 0.3) is 5.91 Å². The molecule has 0 spiro atoms. The Labute approximate surface area is 147 Å². The third-order valence-electron chi connectivity index (χ3n) is 3.27. The Kier molecular flexibility index (Phi) is 9.88. The highest BCUT2D eigenvalue weighted by molar-refractivity contribution is 6.32. The van der Waals surface area contributed by atoms with Gasteiger partial charge in [-0.1, -0.05) is 23.7 Å². The predicted molar refractivity (Wildman–Crippen MR) is 91.3 cm³/mol. The maximum atomic E-state index is 12.4. The molecule has 24 heavy (non-hydrogen) atoms. The van der Waals surface area contributed by atoms with Crippen molar-refractivity contribution >= 4 is 23.5 Å². The van der Waals surface area contributed by atoms with Gasteiger partial charge in [-0.2, -0.15) is 0 Å². The number of hydrogen-bond acceptors (Lipinski definition) is 5. The normalized spacial score (nSPS) is 10.3. The first-order valence-electron chi connectivity index (χ1n) is 7.88. The van der Waals surface area contributed by atoms with E-state index in [2.05, 4.69) is 4.74 Å². The molecule has 0 aliphatic carbocycles. The van der Waals surface area contributed by atoms with Crippen LogP contribution in [0.3, 0.4) is 0 Å². The number of nitrogens with zero attached hydrogens (tertiary/aromatic N) is 1. The summed E-state index contributed by atoms with van der Waals surface area (Å²) in [5.74, 6) is -0.116. The first kappa shape index (κ1) is 20.3. The zero-order chi connectivity index (χ0) is 17.8. The third kappa shape index (κ3) is 7.66. The summed E-state index contributed by atoms with van der Waals surface area (Å²) in [6, 6.07) is 6.96. The Bertz CT molecular complexity index is 523. The Morgan fingerprint density at radius 2 is 1.96 bits per heavy atom. The molecule has 0 unspecified atom stereocenters. The zero-order valence-electron chi connectivity index (χ0n) is 14.1. The van der Waals surface area contributed by atoms with E-state index >= 15 is 0 Å². The van der Waals surface area contributed by atoms with E-state index in [0.29, 0.717) is 37.0 Å². The van der Waals surface area contributed by atoms with Crippen LogP contribution in [-0.2, 0) is 19.1 Å². The molecular formula is C17H24ClNO5. The maximum Gasteiger partial charge on any atom is 0.307 e. The first-order valence-corrected chi connectivity index (χ1v) is 8.26. The molecule has 0 fully saturated rings. The summed E-state index contributed by atoms with van der Waals surface area (Å²) in [7, 11) is 1.32. The molecule has 0 aromatic heterocycles. The molecule has 1 rings (SSSR count). The van der Waals surface area contributed by atoms with Crippen LogP contribution in [0.4, 0.5) is 0 Å². The second-order valence-electron chi connectivity index (χ2n) is 4.98. The van der Waals surface area contributed by atoms with Crippen molar-refractivity contribution in [2.45, 2.75) is 19.8 Å². The fraction of sp³-hybridized carbons (Fsp3) is 0.529. The van der Waals surface area contributed by atoms with Crippen LogP contribution in [0.1, 0.15) is 19.8 Å². The number of rotatable bonds is 11. The SMILES string of the molecule is CCOCCCN(CCC(=O)OC)C(=O)COc1ccccc1Cl. The average Bonchev–Trinajstić information content (AvgIpc) is 2.59. The second-order valence-corrected chi connectivity index (χ2v) is 5.38. The van der Waals surface area contributed by atoms with Crippen molar-refractivity contribution in [2.24, 2.45) is 0 Å². The van der Waals surface area contributed by atoms with Gasteiger partial charge in [0.15, 0.2) is 6.61 Å². The Morgan fingerprint density at radius 3 is 2.62 bits per heavy atom. The van der Waals surface area contributed by atoms with E-state index in [9.17, 15) is 9.59 Å². The molecule has 6 nitrogen and oxygen atoms in total. The molecule has 1 amide bonds. The van der Waals surface area contributed by atoms with Gasteiger partial charge in [-0.3, -0.25) is 9.59 Å². The van der Waals surface area contributed by atoms with Crippen molar-refractivity contribution in [1.29, 1.82) is 0 Å². The fourth-order valence-electron chi connectivity index (χ4n) is 1.98. The van der Waals surface area contributed by atoms with Gasteiger partial charge < -0.3 is 19.1 Å². The lowest BCUT2D eigenvalue weighted by Crippen LogP contribution is -2.37. The van der Waals surface area contributed by atoms with Gasteiger partial charge in [-0.05, 0) is 25.5 Å². The van der Waals surface area contributed by atoms with E-state index in [-0.39, 0.29) is 31.4 Å². The summed E-state index contributed by atoms with van der Waals surface area (Å²) in [5.41, 5.74) is 0. The summed E-state index contributed by atoms with van der Waals surface area (Å²) in [6.07, 6.45) is 0.829. The third-order valence-corrected chi connectivity index (χ3v) is 3.59. The van der Waals surface area contributed by atoms with Crippen molar-refractivity contribution in [2.75, 3.05) is 40.0 Å². The molecule has 0 saturated carbocycles. The Balaban J connectivity index is 2.54. The van der Waals surface area contributed by atoms with Gasteiger partial charge in [0.05, 0.1) is 18.6 Å². The van der Waals surface area contributed by atoms with E-state index in [1.165, 1.54) is 7.11 Å². The topological polar surface area (TPSA) is 65.1 Å². The quantitative estimate of drug-likeness (QED) is 0.450. The Morgan fingerprint density at radius 1 is 1.21 bits per heavy atom. The largest absolute Gasteiger partial charge is 0.482 e. The molecule has 1 aromatic carbocycles. The average molecular weight is 358 g/mol. The second kappa shape index (κ2) is 11.7. The Hall–Kier alpha value is -1.79. The van der Waals surface area contributed by atoms with Crippen LogP contribution in [0, 0.1) is 0 Å². The van der Waals surface area contributed by atoms with E-state index < -0.39 is 0 Å². The fourth-order valence-corrected chi connectivity index (χ4v) is 2.17. The lowest BCUT2D eigenvalue weighted by Gasteiger charge is -2.22. The van der Waals surface area contributed by atoms with Crippen LogP contribution in [0.15, 0.2) is 24.3 Å². The number of esters is 1. The van der Waals surface area contributed by atoms with E-state index in [0.717, 1.165) is 0 Å². The summed E-state index contributed by atoms with van der Waals surface area (Å²) in [6.45, 7) is 3.73. The molecule has 0 heterocycles. The predicted octanol–water partition coefficient (Wildman–Crippen LogP) is 2.54. The lowest BCUT2D eigenvalue weighted by atomic mass is 10.3. The van der Waals surface area contributed by atoms with Gasteiger partial charge >= 0.3 is 5.97 Å². The number of benzene rings is 1. The molecule has 1 aromatic rings. The van der Waals surface area contributed by atoms with E-state index in [1.54, 1.807) is 29.2 Å². The first-order chi connectivity index (χ1) is 11.6. The summed E-state index contributed by atoms with van der Waals surface area (Å²) in [5, 5.41) is 0.447. The highest BCUT2D eigenvalue weighted by Crippen LogP contribution is 2.23. The number of halogens is 1. The summed E-state index contributed by atoms with van der Waals surface area (Å²) >= 11 is 6.00. The monoisotopic (exact) mass is 357 g/mol. The van der Waals surface area contributed by atoms with Crippen LogP contribution in [0.5, 0.6) is 5.75 Å². The van der Waals surface area contributed by atoms with Crippen LogP contribution >= 0.6 is 11.6 Å². The number of para-hydroxylation sites is 1. The molecule has 0 aliphatic heterocycles. The van der Waals surface area contributed by atoms with Gasteiger partial charge in [0, 0.05) is 26.3 Å². The van der Waals surface area contributed by atoms with Crippen LogP contribution < -0.4 is 4.74 Å². The summed E-state index contributed by atoms with van der Waals surface area (Å²) in [4.78, 5) is 25.2. The minimum atomic E-state index is -0.357. The van der Waals surface area contributed by atoms with Gasteiger partial charge in [-0.15, -0.1) is 0 Å². The number of hydrogen-bond donors (Lipinski definition) is 0. The van der Waals surface area contributed by atoms with Crippen LogP contribution in [0.25, 0.3) is 0 Å². The number of amides is 1. The van der Waals surface area contributed by atoms with Crippen molar-refractivity contribution < 1.29 is 23.8 Å². The number of carbonyl (C=O) groups is 2. The van der Waals surface area contributed by atoms with Gasteiger partial charge in [0.1, 0.15) is 5.75 Å². The number of carbonyl (C=O) groups excluding carboxylic acids is 2. The number of methoxy groups -OCH3 is 1. The molecule has 0 atom stereocenters. The van der Waals surface area contributed by atoms with E-state index in [4.69, 9.17) is 21.1 Å². The zero-order valence-corrected chi connectivity index (χ0v) is 14.9. The van der Waals surface area contributed by atoms with Gasteiger partial charge in [-0.25, -0.2) is 0 Å². The molecule has 0 aliphatic rings. The highest BCUT2D eigenvalue weighted by Gasteiger charge is 2.16. The smallest absolute Gasteiger partial charge is 0.307 e. The van der Waals surface area contributed by atoms with E-state index in [1.807, 2.05) is 6.92 Å². The molecule has 0 radical (unpaired) electrons. The van der Waals surface area contributed by atoms with Crippen molar-refractivity contribution in [3.05, 3.63) is 29.3 Å². The highest BCUT2D eigenvalue weighted by atomic mass is 35.5. The van der Waals surface area contributed by atoms with Crippen molar-refractivity contribution in [3.8, 4) is 5.75 Å². The minimum Gasteiger partial charge on any atom is -0.482 e. The molecular weight excluding hydrogens is 334 g/mol. The van der Waals surface area contributed by atoms with Gasteiger partial charge in [0.2, 0.25) is 0 Å². The summed E-state index contributed by atoms with van der Waals surface area (Å²) < 4.78 is 15.4.